The molecule has 1 aliphatic rings. The molecule has 2 aromatic carbocycles. The van der Waals surface area contributed by atoms with Crippen molar-refractivity contribution in [3.05, 3.63) is 36.4 Å². The van der Waals surface area contributed by atoms with E-state index in [2.05, 4.69) is 94.2 Å². The number of hydrogen-bond donors (Lipinski definition) is 0. The van der Waals surface area contributed by atoms with Crippen molar-refractivity contribution in [2.75, 3.05) is 37.5 Å². The van der Waals surface area contributed by atoms with Crippen molar-refractivity contribution in [1.82, 2.24) is 4.90 Å². The van der Waals surface area contributed by atoms with Crippen molar-refractivity contribution >= 4 is 79.8 Å². The Balaban J connectivity index is 0.00000341. The molecule has 0 aromatic heterocycles. The van der Waals surface area contributed by atoms with Crippen LogP contribution in [0.1, 0.15) is 27.7 Å². The zero-order valence-corrected chi connectivity index (χ0v) is 22.8. The first-order chi connectivity index (χ1) is 14.2. The van der Waals surface area contributed by atoms with Crippen molar-refractivity contribution in [3.63, 3.8) is 0 Å². The fourth-order valence-electron chi connectivity index (χ4n) is 4.25. The first kappa shape index (κ1) is 26.3. The minimum absolute atomic E-state index is 0. The third-order valence-electron chi connectivity index (χ3n) is 6.42. The SMILES string of the molecule is CSC(=S)N1CC(C(C)C)(C(C)C)CSC1=Nc1ccc(N(C)C)c2ccccc12.Cl. The first-order valence-corrected chi connectivity index (χ1v) is 13.1. The number of amidine groups is 1. The van der Waals surface area contributed by atoms with Crippen LogP contribution in [-0.4, -0.2) is 47.0 Å². The van der Waals surface area contributed by atoms with E-state index in [1.54, 1.807) is 11.8 Å². The van der Waals surface area contributed by atoms with Crippen molar-refractivity contribution < 1.29 is 0 Å². The molecule has 3 nitrogen and oxygen atoms in total. The van der Waals surface area contributed by atoms with E-state index in [1.165, 1.54) is 16.5 Å². The van der Waals surface area contributed by atoms with Crippen LogP contribution in [0.15, 0.2) is 41.4 Å². The fourth-order valence-corrected chi connectivity index (χ4v) is 6.52. The van der Waals surface area contributed by atoms with Crippen molar-refractivity contribution in [1.29, 1.82) is 0 Å². The van der Waals surface area contributed by atoms with Gasteiger partial charge in [-0.15, -0.1) is 12.4 Å². The van der Waals surface area contributed by atoms with Gasteiger partial charge in [-0.05, 0) is 30.2 Å². The highest BCUT2D eigenvalue weighted by molar-refractivity contribution is 8.23. The highest BCUT2D eigenvalue weighted by atomic mass is 35.5. The molecule has 170 valence electrons. The molecule has 1 heterocycles. The predicted molar refractivity (Wildman–Crippen MR) is 150 cm³/mol. The summed E-state index contributed by atoms with van der Waals surface area (Å²) in [6.07, 6.45) is 2.06. The average molecular weight is 496 g/mol. The van der Waals surface area contributed by atoms with Gasteiger partial charge in [0.05, 0.1) is 5.69 Å². The normalized spacial score (nSPS) is 17.3. The number of hydrogen-bond acceptors (Lipinski definition) is 5. The van der Waals surface area contributed by atoms with Gasteiger partial charge in [0.15, 0.2) is 5.17 Å². The Morgan fingerprint density at radius 1 is 1.10 bits per heavy atom. The molecule has 31 heavy (non-hydrogen) atoms. The average Bonchev–Trinajstić information content (AvgIpc) is 2.73. The summed E-state index contributed by atoms with van der Waals surface area (Å²) in [5, 5.41) is 3.42. The van der Waals surface area contributed by atoms with Crippen LogP contribution in [0, 0.1) is 17.3 Å². The van der Waals surface area contributed by atoms with Crippen LogP contribution in [0.25, 0.3) is 10.8 Å². The van der Waals surface area contributed by atoms with Crippen LogP contribution < -0.4 is 4.90 Å². The van der Waals surface area contributed by atoms with Crippen LogP contribution in [0.4, 0.5) is 11.4 Å². The van der Waals surface area contributed by atoms with Crippen LogP contribution in [0.3, 0.4) is 0 Å². The summed E-state index contributed by atoms with van der Waals surface area (Å²) < 4.78 is 0.904. The maximum absolute atomic E-state index is 5.78. The lowest BCUT2D eigenvalue weighted by Crippen LogP contribution is -2.53. The molecule has 0 radical (unpaired) electrons. The van der Waals surface area contributed by atoms with Crippen LogP contribution in [0.5, 0.6) is 0 Å². The van der Waals surface area contributed by atoms with Crippen LogP contribution >= 0.6 is 48.1 Å². The maximum atomic E-state index is 5.78. The summed E-state index contributed by atoms with van der Waals surface area (Å²) >= 11 is 9.28. The predicted octanol–water partition coefficient (Wildman–Crippen LogP) is 7.31. The van der Waals surface area contributed by atoms with Gasteiger partial charge >= 0.3 is 0 Å². The molecule has 1 saturated heterocycles. The summed E-state index contributed by atoms with van der Waals surface area (Å²) in [6.45, 7) is 10.3. The van der Waals surface area contributed by atoms with Gasteiger partial charge in [0.1, 0.15) is 4.32 Å². The third-order valence-corrected chi connectivity index (χ3v) is 8.97. The Morgan fingerprint density at radius 3 is 2.26 bits per heavy atom. The molecule has 0 bridgehead atoms. The summed E-state index contributed by atoms with van der Waals surface area (Å²) in [4.78, 5) is 9.60. The van der Waals surface area contributed by atoms with E-state index in [-0.39, 0.29) is 17.8 Å². The summed E-state index contributed by atoms with van der Waals surface area (Å²) in [5.74, 6) is 2.24. The number of benzene rings is 2. The lowest BCUT2D eigenvalue weighted by atomic mass is 9.70. The van der Waals surface area contributed by atoms with E-state index in [1.807, 2.05) is 11.8 Å². The van der Waals surface area contributed by atoms with Gasteiger partial charge in [-0.3, -0.25) is 0 Å². The summed E-state index contributed by atoms with van der Waals surface area (Å²) in [6, 6.07) is 12.8. The molecule has 0 amide bonds. The zero-order valence-electron chi connectivity index (χ0n) is 19.5. The highest BCUT2D eigenvalue weighted by Gasteiger charge is 2.44. The monoisotopic (exact) mass is 495 g/mol. The number of thiocarbonyl (C=S) groups is 1. The Hall–Kier alpha value is -0.950. The third kappa shape index (κ3) is 5.18. The molecule has 2 aromatic rings. The molecule has 0 aliphatic carbocycles. The number of nitrogens with zero attached hydrogens (tertiary/aromatic N) is 3. The first-order valence-electron chi connectivity index (χ1n) is 10.5. The van der Waals surface area contributed by atoms with Gasteiger partial charge < -0.3 is 9.80 Å². The van der Waals surface area contributed by atoms with E-state index >= 15 is 0 Å². The van der Waals surface area contributed by atoms with E-state index in [9.17, 15) is 0 Å². The minimum atomic E-state index is 0. The molecular formula is C24H34ClN3S3. The Bertz CT molecular complexity index is 948. The van der Waals surface area contributed by atoms with Gasteiger partial charge in [-0.1, -0.05) is 87.7 Å². The van der Waals surface area contributed by atoms with Gasteiger partial charge in [0.25, 0.3) is 0 Å². The van der Waals surface area contributed by atoms with Crippen molar-refractivity contribution in [2.45, 2.75) is 27.7 Å². The van der Waals surface area contributed by atoms with Crippen molar-refractivity contribution in [2.24, 2.45) is 22.2 Å². The molecule has 0 unspecified atom stereocenters. The van der Waals surface area contributed by atoms with Crippen LogP contribution in [-0.2, 0) is 0 Å². The number of fused-ring (bicyclic) bond motifs is 1. The molecule has 7 heteroatoms. The summed E-state index contributed by atoms with van der Waals surface area (Å²) in [5.41, 5.74) is 2.44. The summed E-state index contributed by atoms with van der Waals surface area (Å²) in [7, 11) is 4.17. The zero-order chi connectivity index (χ0) is 22.1. The van der Waals surface area contributed by atoms with E-state index in [4.69, 9.17) is 17.2 Å². The quantitative estimate of drug-likeness (QED) is 0.412. The largest absolute Gasteiger partial charge is 0.377 e. The standard InChI is InChI=1S/C24H33N3S3.ClH/c1-16(2)24(17(3)4)14-27(23(28)29-7)22(30-15-24)25-20-12-13-21(26(5)6)19-11-9-8-10-18(19)20;/h8-13,16-17H,14-15H2,1-7H3;1H. The molecule has 0 N–H and O–H groups in total. The second-order valence-corrected chi connectivity index (χ2v) is 11.2. The Kier molecular flexibility index (Phi) is 9.15. The molecule has 1 aliphatic heterocycles. The molecule has 3 rings (SSSR count). The number of rotatable bonds is 4. The lowest BCUT2D eigenvalue weighted by Gasteiger charge is -2.48. The number of halogens is 1. The highest BCUT2D eigenvalue weighted by Crippen LogP contribution is 2.45. The van der Waals surface area contributed by atoms with Crippen LogP contribution in [0.2, 0.25) is 0 Å². The van der Waals surface area contributed by atoms with Crippen molar-refractivity contribution in [3.8, 4) is 0 Å². The molecular weight excluding hydrogens is 462 g/mol. The smallest absolute Gasteiger partial charge is 0.169 e. The Labute approximate surface area is 207 Å². The molecule has 0 saturated carbocycles. The topological polar surface area (TPSA) is 18.8 Å². The van der Waals surface area contributed by atoms with Gasteiger partial charge in [0.2, 0.25) is 0 Å². The fraction of sp³-hybridized carbons (Fsp3) is 0.500. The second kappa shape index (κ2) is 10.8. The molecule has 0 spiro atoms. The molecule has 0 atom stereocenters. The van der Waals surface area contributed by atoms with E-state index < -0.39 is 0 Å². The second-order valence-electron chi connectivity index (χ2n) is 8.83. The number of anilines is 1. The van der Waals surface area contributed by atoms with E-state index in [0.29, 0.717) is 11.8 Å². The van der Waals surface area contributed by atoms with Gasteiger partial charge in [-0.25, -0.2) is 4.99 Å². The van der Waals surface area contributed by atoms with Gasteiger partial charge in [-0.2, -0.15) is 0 Å². The number of thioether (sulfide) groups is 2. The lowest BCUT2D eigenvalue weighted by molar-refractivity contribution is 0.123. The molecule has 1 fully saturated rings. The van der Waals surface area contributed by atoms with E-state index in [0.717, 1.165) is 27.5 Å². The van der Waals surface area contributed by atoms with Gasteiger partial charge in [0, 0.05) is 48.3 Å². The minimum Gasteiger partial charge on any atom is -0.377 e. The Morgan fingerprint density at radius 2 is 1.71 bits per heavy atom. The maximum Gasteiger partial charge on any atom is 0.169 e. The number of aliphatic imine (C=N–C) groups is 1.